The minimum Gasteiger partial charge on any atom is -0.358 e. The highest BCUT2D eigenvalue weighted by Crippen LogP contribution is 2.09. The Balaban J connectivity index is 2.92. The molecule has 66 valence electrons. The van der Waals surface area contributed by atoms with E-state index < -0.39 is 4.92 Å². The van der Waals surface area contributed by atoms with Crippen molar-refractivity contribution in [2.45, 2.75) is 6.54 Å². The van der Waals surface area contributed by atoms with Crippen molar-refractivity contribution in [3.8, 4) is 0 Å². The van der Waals surface area contributed by atoms with Crippen molar-refractivity contribution in [1.29, 1.82) is 0 Å². The summed E-state index contributed by atoms with van der Waals surface area (Å²) < 4.78 is 1.49. The second-order valence-corrected chi connectivity index (χ2v) is 2.40. The highest BCUT2D eigenvalue weighted by atomic mass is 16.6. The van der Waals surface area contributed by atoms with Gasteiger partial charge in [0.15, 0.2) is 0 Å². The fourth-order valence-corrected chi connectivity index (χ4v) is 0.925. The largest absolute Gasteiger partial charge is 0.390 e. The molecule has 6 nitrogen and oxygen atoms in total. The summed E-state index contributed by atoms with van der Waals surface area (Å²) in [6.45, 7) is 0.581. The molecule has 1 aromatic heterocycles. The maximum Gasteiger partial charge on any atom is 0.390 e. The maximum absolute atomic E-state index is 10.3. The molecule has 0 saturated heterocycles. The quantitative estimate of drug-likeness (QED) is 0.513. The number of nitrogens with zero attached hydrogens (tertiary/aromatic N) is 3. The molecule has 0 aliphatic rings. The Morgan fingerprint density at radius 1 is 1.83 bits per heavy atom. The summed E-state index contributed by atoms with van der Waals surface area (Å²) in [6, 6.07) is 1.45. The van der Waals surface area contributed by atoms with Crippen LogP contribution in [0.3, 0.4) is 0 Å². The van der Waals surface area contributed by atoms with Crippen LogP contribution in [0.5, 0.6) is 0 Å². The molecule has 0 aromatic carbocycles. The number of aryl methyl sites for hydroxylation is 1. The van der Waals surface area contributed by atoms with E-state index in [1.807, 2.05) is 0 Å². The molecule has 6 heteroatoms. The summed E-state index contributed by atoms with van der Waals surface area (Å²) in [7, 11) is 3.46. The number of aromatic nitrogens is 2. The Morgan fingerprint density at radius 2 is 2.50 bits per heavy atom. The van der Waals surface area contributed by atoms with Gasteiger partial charge in [0, 0.05) is 6.54 Å². The van der Waals surface area contributed by atoms with Gasteiger partial charge >= 0.3 is 5.82 Å². The van der Waals surface area contributed by atoms with Crippen LogP contribution in [0.25, 0.3) is 0 Å². The first-order valence-corrected chi connectivity index (χ1v) is 3.47. The van der Waals surface area contributed by atoms with Crippen LogP contribution >= 0.6 is 0 Å². The second kappa shape index (κ2) is 3.31. The zero-order valence-electron chi connectivity index (χ0n) is 6.94. The molecule has 0 saturated carbocycles. The van der Waals surface area contributed by atoms with Gasteiger partial charge in [0.1, 0.15) is 0 Å². The predicted molar refractivity (Wildman–Crippen MR) is 42.6 cm³/mol. The zero-order chi connectivity index (χ0) is 9.14. The molecule has 0 unspecified atom stereocenters. The fourth-order valence-electron chi connectivity index (χ4n) is 0.925. The van der Waals surface area contributed by atoms with Crippen molar-refractivity contribution in [1.82, 2.24) is 15.1 Å². The summed E-state index contributed by atoms with van der Waals surface area (Å²) in [5.41, 5.74) is 0.796. The fraction of sp³-hybridized carbons (Fsp3) is 0.500. The molecule has 1 rings (SSSR count). The van der Waals surface area contributed by atoms with Crippen LogP contribution in [-0.4, -0.2) is 21.8 Å². The van der Waals surface area contributed by atoms with Gasteiger partial charge in [-0.3, -0.25) is 0 Å². The summed E-state index contributed by atoms with van der Waals surface area (Å²) in [5, 5.41) is 16.9. The minimum atomic E-state index is -0.501. The van der Waals surface area contributed by atoms with E-state index in [4.69, 9.17) is 0 Å². The third-order valence-electron chi connectivity index (χ3n) is 1.51. The van der Waals surface area contributed by atoms with E-state index in [-0.39, 0.29) is 5.82 Å². The Kier molecular flexibility index (Phi) is 2.39. The lowest BCUT2D eigenvalue weighted by atomic mass is 10.4. The van der Waals surface area contributed by atoms with E-state index in [2.05, 4.69) is 10.4 Å². The van der Waals surface area contributed by atoms with Gasteiger partial charge in [-0.15, -0.1) is 0 Å². The molecule has 0 bridgehead atoms. The molecular weight excluding hydrogens is 160 g/mol. The van der Waals surface area contributed by atoms with Gasteiger partial charge in [0.2, 0.25) is 0 Å². The first kappa shape index (κ1) is 8.66. The second-order valence-electron chi connectivity index (χ2n) is 2.40. The van der Waals surface area contributed by atoms with E-state index in [1.54, 1.807) is 14.1 Å². The van der Waals surface area contributed by atoms with Crippen LogP contribution in [0, 0.1) is 10.1 Å². The molecule has 0 spiro atoms. The van der Waals surface area contributed by atoms with Crippen LogP contribution in [0.1, 0.15) is 5.69 Å². The maximum atomic E-state index is 10.3. The number of nitro groups is 1. The van der Waals surface area contributed by atoms with Crippen molar-refractivity contribution >= 4 is 5.82 Å². The van der Waals surface area contributed by atoms with Crippen molar-refractivity contribution in [2.75, 3.05) is 7.05 Å². The van der Waals surface area contributed by atoms with Gasteiger partial charge in [-0.25, -0.2) is 0 Å². The summed E-state index contributed by atoms with van der Waals surface area (Å²) >= 11 is 0. The van der Waals surface area contributed by atoms with Crippen molar-refractivity contribution in [3.63, 3.8) is 0 Å². The summed E-state index contributed by atoms with van der Waals surface area (Å²) in [4.78, 5) is 9.78. The molecule has 0 fully saturated rings. The van der Waals surface area contributed by atoms with Crippen LogP contribution in [0.15, 0.2) is 6.07 Å². The van der Waals surface area contributed by atoms with Gasteiger partial charge in [-0.2, -0.15) is 4.68 Å². The van der Waals surface area contributed by atoms with Crippen LogP contribution in [0.2, 0.25) is 0 Å². The molecule has 0 atom stereocenters. The smallest absolute Gasteiger partial charge is 0.358 e. The minimum absolute atomic E-state index is 0.109. The van der Waals surface area contributed by atoms with E-state index >= 15 is 0 Å². The zero-order valence-corrected chi connectivity index (χ0v) is 6.94. The molecule has 12 heavy (non-hydrogen) atoms. The Morgan fingerprint density at radius 3 is 2.92 bits per heavy atom. The molecule has 1 heterocycles. The lowest BCUT2D eigenvalue weighted by Crippen LogP contribution is -2.09. The molecule has 0 radical (unpaired) electrons. The van der Waals surface area contributed by atoms with Crippen molar-refractivity contribution in [2.24, 2.45) is 7.05 Å². The average Bonchev–Trinajstić information content (AvgIpc) is 2.34. The third kappa shape index (κ3) is 1.59. The van der Waals surface area contributed by atoms with E-state index in [0.717, 1.165) is 5.69 Å². The lowest BCUT2D eigenvalue weighted by molar-refractivity contribution is -0.389. The molecule has 1 N–H and O–H groups in total. The normalized spacial score (nSPS) is 10.2. The van der Waals surface area contributed by atoms with E-state index in [1.165, 1.54) is 10.7 Å². The average molecular weight is 170 g/mol. The van der Waals surface area contributed by atoms with Crippen LogP contribution in [-0.2, 0) is 13.6 Å². The first-order chi connectivity index (χ1) is 5.65. The van der Waals surface area contributed by atoms with Gasteiger partial charge in [0.25, 0.3) is 0 Å². The SMILES string of the molecule is CNCc1cc([N+](=O)[O-])nn1C. The highest BCUT2D eigenvalue weighted by molar-refractivity contribution is 5.21. The summed E-state index contributed by atoms with van der Waals surface area (Å²) in [6.07, 6.45) is 0. The predicted octanol–water partition coefficient (Wildman–Crippen LogP) is 0.0477. The molecule has 0 amide bonds. The van der Waals surface area contributed by atoms with Crippen molar-refractivity contribution in [3.05, 3.63) is 21.9 Å². The Bertz CT molecular complexity index is 294. The molecule has 1 aromatic rings. The van der Waals surface area contributed by atoms with Crippen molar-refractivity contribution < 1.29 is 4.92 Å². The standard InChI is InChI=1S/C6H10N4O2/c1-7-4-5-3-6(10(11)12)8-9(5)2/h3,7H,4H2,1-2H3. The highest BCUT2D eigenvalue weighted by Gasteiger charge is 2.14. The monoisotopic (exact) mass is 170 g/mol. The third-order valence-corrected chi connectivity index (χ3v) is 1.51. The lowest BCUT2D eigenvalue weighted by Gasteiger charge is -1.93. The Hall–Kier alpha value is -1.43. The topological polar surface area (TPSA) is 73.0 Å². The van der Waals surface area contributed by atoms with Gasteiger partial charge < -0.3 is 15.4 Å². The Labute approximate surface area is 69.3 Å². The molecular formula is C6H10N4O2. The van der Waals surface area contributed by atoms with Crippen LogP contribution in [0.4, 0.5) is 5.82 Å². The van der Waals surface area contributed by atoms with E-state index in [9.17, 15) is 10.1 Å². The van der Waals surface area contributed by atoms with Gasteiger partial charge in [-0.05, 0) is 12.0 Å². The number of nitrogens with one attached hydrogen (secondary N) is 1. The summed E-state index contributed by atoms with van der Waals surface area (Å²) in [5.74, 6) is -0.109. The number of hydrogen-bond donors (Lipinski definition) is 1. The van der Waals surface area contributed by atoms with Gasteiger partial charge in [-0.1, -0.05) is 0 Å². The molecule has 0 aliphatic heterocycles. The molecule has 0 aliphatic carbocycles. The number of rotatable bonds is 3. The van der Waals surface area contributed by atoms with Crippen LogP contribution < -0.4 is 5.32 Å². The number of hydrogen-bond acceptors (Lipinski definition) is 4. The van der Waals surface area contributed by atoms with Gasteiger partial charge in [0.05, 0.1) is 23.9 Å². The van der Waals surface area contributed by atoms with E-state index in [0.29, 0.717) is 6.54 Å². The first-order valence-electron chi connectivity index (χ1n) is 3.47.